The number of hydrogen-bond donors (Lipinski definition) is 0. The van der Waals surface area contributed by atoms with Gasteiger partial charge in [0.15, 0.2) is 0 Å². The number of ether oxygens (including phenoxy) is 1. The minimum Gasteiger partial charge on any atom is -0.486 e. The fraction of sp³-hybridized carbons (Fsp3) is 0.118. The quantitative estimate of drug-likeness (QED) is 0.197. The van der Waals surface area contributed by atoms with Gasteiger partial charge in [0.25, 0.3) is 0 Å². The molecule has 0 fully saturated rings. The maximum absolute atomic E-state index is 12.0. The Morgan fingerprint density at radius 2 is 2.10 bits per heavy atom. The Bertz CT molecular complexity index is 900. The van der Waals surface area contributed by atoms with Crippen molar-refractivity contribution in [1.29, 1.82) is 0 Å². The minimum atomic E-state index is -0.359. The molecule has 0 saturated carbocycles. The summed E-state index contributed by atoms with van der Waals surface area (Å²) in [5, 5.41) is 2.30. The summed E-state index contributed by atoms with van der Waals surface area (Å²) in [7, 11) is 1.59. The van der Waals surface area contributed by atoms with E-state index in [1.807, 2.05) is 18.2 Å². The molecule has 0 aliphatic heterocycles. The van der Waals surface area contributed by atoms with Gasteiger partial charge in [-0.3, -0.25) is 0 Å². The molecule has 0 amide bonds. The SMILES string of the molecule is COCC#Cc1ccc2c(c1)c(=O)oc1c[c-]ccc12.[Ho]. The molecule has 1 aromatic heterocycles. The average Bonchev–Trinajstić information content (AvgIpc) is 2.48. The molecule has 0 spiro atoms. The second-order valence-electron chi connectivity index (χ2n) is 4.31. The van der Waals surface area contributed by atoms with E-state index in [0.29, 0.717) is 17.6 Å². The normalized spacial score (nSPS) is 9.95. The van der Waals surface area contributed by atoms with Crippen LogP contribution in [0.4, 0.5) is 0 Å². The van der Waals surface area contributed by atoms with Crippen LogP contribution in [-0.2, 0) is 4.74 Å². The van der Waals surface area contributed by atoms with Crippen LogP contribution in [0.5, 0.6) is 0 Å². The summed E-state index contributed by atoms with van der Waals surface area (Å²) in [5.41, 5.74) is 0.953. The second-order valence-corrected chi connectivity index (χ2v) is 4.31. The minimum absolute atomic E-state index is 0. The van der Waals surface area contributed by atoms with Crippen molar-refractivity contribution in [2.24, 2.45) is 0 Å². The van der Waals surface area contributed by atoms with Crippen LogP contribution in [0, 0.1) is 55.6 Å². The Hall–Kier alpha value is -1.31. The van der Waals surface area contributed by atoms with E-state index in [-0.39, 0.29) is 43.4 Å². The molecule has 1 heterocycles. The Morgan fingerprint density at radius 3 is 2.90 bits per heavy atom. The van der Waals surface area contributed by atoms with Crippen molar-refractivity contribution >= 4 is 21.7 Å². The van der Waals surface area contributed by atoms with Crippen LogP contribution in [0.2, 0.25) is 0 Å². The Morgan fingerprint density at radius 1 is 1.24 bits per heavy atom. The van der Waals surface area contributed by atoms with Gasteiger partial charge in [-0.2, -0.15) is 18.2 Å². The molecule has 0 atom stereocenters. The molecule has 4 heteroatoms. The number of fused-ring (bicyclic) bond motifs is 3. The molecule has 0 saturated heterocycles. The van der Waals surface area contributed by atoms with Gasteiger partial charge in [-0.1, -0.05) is 23.3 Å². The van der Waals surface area contributed by atoms with Gasteiger partial charge in [-0.05, 0) is 17.5 Å². The average molecular weight is 428 g/mol. The van der Waals surface area contributed by atoms with E-state index in [2.05, 4.69) is 17.9 Å². The van der Waals surface area contributed by atoms with E-state index in [1.165, 1.54) is 0 Å². The van der Waals surface area contributed by atoms with Crippen LogP contribution in [0.3, 0.4) is 0 Å². The number of benzene rings is 2. The van der Waals surface area contributed by atoms with E-state index < -0.39 is 0 Å². The summed E-state index contributed by atoms with van der Waals surface area (Å²) in [4.78, 5) is 12.0. The molecule has 1 radical (unpaired) electrons. The fourth-order valence-electron chi connectivity index (χ4n) is 2.11. The molecule has 0 bridgehead atoms. The standard InChI is InChI=1S/C17H11O3.Ho/c1-19-10-4-5-12-8-9-13-14-6-2-3-7-16(14)20-17(18)15(13)11-12;/h2,6-9,11H,10H2,1H3;/q-1;. The van der Waals surface area contributed by atoms with Crippen LogP contribution in [0.1, 0.15) is 5.56 Å². The summed E-state index contributed by atoms with van der Waals surface area (Å²) in [6, 6.07) is 13.8. The smallest absolute Gasteiger partial charge is 0.332 e. The maximum Gasteiger partial charge on any atom is 0.332 e. The van der Waals surface area contributed by atoms with Gasteiger partial charge in [-0.15, -0.1) is 6.07 Å². The second kappa shape index (κ2) is 7.11. The molecule has 0 unspecified atom stereocenters. The van der Waals surface area contributed by atoms with Crippen LogP contribution >= 0.6 is 0 Å². The first-order chi connectivity index (χ1) is 9.79. The summed E-state index contributed by atoms with van der Waals surface area (Å²) in [6.07, 6.45) is 0. The Labute approximate surface area is 151 Å². The summed E-state index contributed by atoms with van der Waals surface area (Å²) >= 11 is 0. The largest absolute Gasteiger partial charge is 0.486 e. The number of methoxy groups -OCH3 is 1. The summed E-state index contributed by atoms with van der Waals surface area (Å²) in [6.45, 7) is 0.361. The molecule has 0 aliphatic carbocycles. The van der Waals surface area contributed by atoms with Crippen LogP contribution in [0.15, 0.2) is 45.6 Å². The van der Waals surface area contributed by atoms with Crippen molar-refractivity contribution in [3.63, 3.8) is 0 Å². The van der Waals surface area contributed by atoms with E-state index in [4.69, 9.17) is 9.15 Å². The van der Waals surface area contributed by atoms with E-state index in [1.54, 1.807) is 25.3 Å². The van der Waals surface area contributed by atoms with Crippen molar-refractivity contribution in [2.45, 2.75) is 0 Å². The summed E-state index contributed by atoms with van der Waals surface area (Å²) in [5.74, 6) is 5.81. The molecule has 3 rings (SSSR count). The zero-order valence-electron chi connectivity index (χ0n) is 11.2. The van der Waals surface area contributed by atoms with Crippen molar-refractivity contribution < 1.29 is 46.9 Å². The molecule has 109 valence electrons. The van der Waals surface area contributed by atoms with Gasteiger partial charge in [0, 0.05) is 56.0 Å². The summed E-state index contributed by atoms with van der Waals surface area (Å²) < 4.78 is 10.2. The van der Waals surface area contributed by atoms with Gasteiger partial charge >= 0.3 is 5.63 Å². The first-order valence-electron chi connectivity index (χ1n) is 6.14. The number of rotatable bonds is 1. The predicted molar refractivity (Wildman–Crippen MR) is 77.6 cm³/mol. The van der Waals surface area contributed by atoms with Gasteiger partial charge in [0.1, 0.15) is 6.61 Å². The van der Waals surface area contributed by atoms with Gasteiger partial charge in [-0.25, -0.2) is 4.79 Å². The first-order valence-corrected chi connectivity index (χ1v) is 6.14. The van der Waals surface area contributed by atoms with Crippen molar-refractivity contribution in [1.82, 2.24) is 0 Å². The van der Waals surface area contributed by atoms with E-state index >= 15 is 0 Å². The third-order valence-corrected chi connectivity index (χ3v) is 3.01. The van der Waals surface area contributed by atoms with Gasteiger partial charge in [0.05, 0.1) is 5.39 Å². The van der Waals surface area contributed by atoms with Crippen molar-refractivity contribution in [3.05, 3.63) is 58.4 Å². The van der Waals surface area contributed by atoms with Gasteiger partial charge in [0.2, 0.25) is 0 Å². The third-order valence-electron chi connectivity index (χ3n) is 3.01. The van der Waals surface area contributed by atoms with Crippen LogP contribution in [-0.4, -0.2) is 13.7 Å². The predicted octanol–water partition coefficient (Wildman–Crippen LogP) is 2.74. The van der Waals surface area contributed by atoms with E-state index in [9.17, 15) is 4.79 Å². The van der Waals surface area contributed by atoms with Gasteiger partial charge < -0.3 is 9.15 Å². The molecule has 2 aromatic carbocycles. The van der Waals surface area contributed by atoms with Crippen LogP contribution < -0.4 is 5.63 Å². The molecular weight excluding hydrogens is 417 g/mol. The molecule has 0 N–H and O–H groups in total. The molecule has 3 aromatic rings. The molecule has 21 heavy (non-hydrogen) atoms. The monoisotopic (exact) mass is 428 g/mol. The van der Waals surface area contributed by atoms with E-state index in [0.717, 1.165) is 16.3 Å². The third kappa shape index (κ3) is 3.30. The molecule has 3 nitrogen and oxygen atoms in total. The topological polar surface area (TPSA) is 39.4 Å². The first kappa shape index (κ1) is 16.1. The Kier molecular flexibility index (Phi) is 5.44. The van der Waals surface area contributed by atoms with Crippen LogP contribution in [0.25, 0.3) is 21.7 Å². The number of hydrogen-bond acceptors (Lipinski definition) is 3. The zero-order valence-corrected chi connectivity index (χ0v) is 13.1. The maximum atomic E-state index is 12.0. The molecular formula is C17H11HoO3-. The zero-order chi connectivity index (χ0) is 13.9. The fourth-order valence-corrected chi connectivity index (χ4v) is 2.11. The van der Waals surface area contributed by atoms with Crippen molar-refractivity contribution in [3.8, 4) is 11.8 Å². The Balaban J connectivity index is 0.00000161. The van der Waals surface area contributed by atoms with Crippen molar-refractivity contribution in [2.75, 3.05) is 13.7 Å². The molecule has 0 aliphatic rings.